The Labute approximate surface area is 118 Å². The highest BCUT2D eigenvalue weighted by Gasteiger charge is 2.24. The Morgan fingerprint density at radius 1 is 1.25 bits per heavy atom. The van der Waals surface area contributed by atoms with Gasteiger partial charge in [0, 0.05) is 30.8 Å². The van der Waals surface area contributed by atoms with Gasteiger partial charge in [-0.25, -0.2) is 4.98 Å². The van der Waals surface area contributed by atoms with Crippen LogP contribution in [0.15, 0.2) is 30.5 Å². The highest BCUT2D eigenvalue weighted by Crippen LogP contribution is 2.32. The Bertz CT molecular complexity index is 598. The molecule has 1 fully saturated rings. The summed E-state index contributed by atoms with van der Waals surface area (Å²) in [6.07, 6.45) is 6.05. The van der Waals surface area contributed by atoms with Crippen molar-refractivity contribution in [3.05, 3.63) is 30.5 Å². The molecule has 20 heavy (non-hydrogen) atoms. The van der Waals surface area contributed by atoms with Gasteiger partial charge in [0.25, 0.3) is 0 Å². The molecular formula is C16H20N2O2. The van der Waals surface area contributed by atoms with E-state index in [-0.39, 0.29) is 12.4 Å². The van der Waals surface area contributed by atoms with Crippen molar-refractivity contribution in [3.63, 3.8) is 0 Å². The van der Waals surface area contributed by atoms with Gasteiger partial charge in [-0.2, -0.15) is 0 Å². The Morgan fingerprint density at radius 3 is 3.00 bits per heavy atom. The molecule has 106 valence electrons. The minimum absolute atomic E-state index is 0.206. The summed E-state index contributed by atoms with van der Waals surface area (Å²) in [5.74, 6) is 1.19. The molecule has 0 amide bonds. The number of pyridine rings is 1. The second-order valence-corrected chi connectivity index (χ2v) is 5.40. The Balaban J connectivity index is 2.05. The van der Waals surface area contributed by atoms with Crippen LogP contribution < -0.4 is 4.90 Å². The predicted octanol–water partition coefficient (Wildman–Crippen LogP) is 2.68. The third-order valence-corrected chi connectivity index (χ3v) is 4.09. The topological polar surface area (TPSA) is 56.6 Å². The number of aliphatic hydroxyl groups is 1. The van der Waals surface area contributed by atoms with Crippen LogP contribution in [0.4, 0.5) is 5.82 Å². The van der Waals surface area contributed by atoms with E-state index in [2.05, 4.69) is 9.88 Å². The number of hydrogen-bond acceptors (Lipinski definition) is 4. The Hall–Kier alpha value is -1.81. The number of phenols is 1. The van der Waals surface area contributed by atoms with Gasteiger partial charge in [-0.05, 0) is 49.3 Å². The van der Waals surface area contributed by atoms with Crippen LogP contribution in [0.2, 0.25) is 0 Å². The van der Waals surface area contributed by atoms with Gasteiger partial charge < -0.3 is 15.1 Å². The lowest BCUT2D eigenvalue weighted by molar-refractivity contribution is 0.262. The van der Waals surface area contributed by atoms with E-state index in [0.717, 1.165) is 42.4 Å². The lowest BCUT2D eigenvalue weighted by Gasteiger charge is -2.37. The molecule has 1 atom stereocenters. The van der Waals surface area contributed by atoms with Gasteiger partial charge in [0.1, 0.15) is 11.6 Å². The number of phenolic OH excluding ortho intramolecular Hbond substituents is 1. The van der Waals surface area contributed by atoms with Crippen molar-refractivity contribution in [1.29, 1.82) is 0 Å². The van der Waals surface area contributed by atoms with Crippen LogP contribution in [-0.2, 0) is 0 Å². The Morgan fingerprint density at radius 2 is 2.15 bits per heavy atom. The molecule has 4 heteroatoms. The number of aliphatic hydroxyl groups excluding tert-OH is 1. The van der Waals surface area contributed by atoms with E-state index in [1.165, 1.54) is 6.42 Å². The lowest BCUT2D eigenvalue weighted by atomic mass is 9.98. The van der Waals surface area contributed by atoms with E-state index in [1.54, 1.807) is 12.1 Å². The smallest absolute Gasteiger partial charge is 0.136 e. The minimum Gasteiger partial charge on any atom is -0.508 e. The van der Waals surface area contributed by atoms with Gasteiger partial charge in [0.2, 0.25) is 0 Å². The second-order valence-electron chi connectivity index (χ2n) is 5.40. The first-order chi connectivity index (χ1) is 9.79. The summed E-state index contributed by atoms with van der Waals surface area (Å²) in [6.45, 7) is 1.17. The fraction of sp³-hybridized carbons (Fsp3) is 0.438. The van der Waals surface area contributed by atoms with Crippen LogP contribution in [0.25, 0.3) is 10.8 Å². The molecule has 3 rings (SSSR count). The first-order valence-electron chi connectivity index (χ1n) is 7.25. The van der Waals surface area contributed by atoms with Crippen molar-refractivity contribution in [2.75, 3.05) is 18.1 Å². The first kappa shape index (κ1) is 13.2. The molecule has 0 aliphatic carbocycles. The molecule has 0 radical (unpaired) electrons. The average Bonchev–Trinajstić information content (AvgIpc) is 2.48. The van der Waals surface area contributed by atoms with E-state index in [4.69, 9.17) is 0 Å². The Kier molecular flexibility index (Phi) is 3.74. The third kappa shape index (κ3) is 2.43. The zero-order chi connectivity index (χ0) is 13.9. The number of anilines is 1. The number of aromatic hydroxyl groups is 1. The molecule has 1 aliphatic rings. The molecule has 2 heterocycles. The van der Waals surface area contributed by atoms with E-state index in [0.29, 0.717) is 6.04 Å². The fourth-order valence-electron chi connectivity index (χ4n) is 3.10. The fourth-order valence-corrected chi connectivity index (χ4v) is 3.10. The lowest BCUT2D eigenvalue weighted by Crippen LogP contribution is -2.40. The molecule has 0 saturated carbocycles. The zero-order valence-electron chi connectivity index (χ0n) is 11.5. The minimum atomic E-state index is 0.206. The summed E-state index contributed by atoms with van der Waals surface area (Å²) in [7, 11) is 0. The molecule has 2 aromatic rings. The van der Waals surface area contributed by atoms with E-state index >= 15 is 0 Å². The van der Waals surface area contributed by atoms with Crippen LogP contribution >= 0.6 is 0 Å². The van der Waals surface area contributed by atoms with Gasteiger partial charge in [0.05, 0.1) is 0 Å². The van der Waals surface area contributed by atoms with Gasteiger partial charge in [-0.1, -0.05) is 6.07 Å². The summed E-state index contributed by atoms with van der Waals surface area (Å²) in [4.78, 5) is 6.83. The number of nitrogens with zero attached hydrogens (tertiary/aromatic N) is 2. The number of fused-ring (bicyclic) bond motifs is 1. The van der Waals surface area contributed by atoms with Crippen LogP contribution in [0.5, 0.6) is 5.75 Å². The number of rotatable bonds is 3. The molecule has 1 aliphatic heterocycles. The maximum atomic E-state index is 9.74. The first-order valence-corrected chi connectivity index (χ1v) is 7.25. The molecule has 1 aromatic heterocycles. The monoisotopic (exact) mass is 272 g/mol. The predicted molar refractivity (Wildman–Crippen MR) is 80.1 cm³/mol. The maximum Gasteiger partial charge on any atom is 0.136 e. The van der Waals surface area contributed by atoms with Crippen molar-refractivity contribution < 1.29 is 10.2 Å². The van der Waals surface area contributed by atoms with E-state index in [9.17, 15) is 10.2 Å². The summed E-state index contributed by atoms with van der Waals surface area (Å²) < 4.78 is 0. The van der Waals surface area contributed by atoms with E-state index < -0.39 is 0 Å². The van der Waals surface area contributed by atoms with Crippen molar-refractivity contribution >= 4 is 16.6 Å². The van der Waals surface area contributed by atoms with Crippen molar-refractivity contribution in [3.8, 4) is 5.75 Å². The second kappa shape index (κ2) is 5.67. The summed E-state index contributed by atoms with van der Waals surface area (Å²) in [5.41, 5.74) is 0. The molecule has 0 bridgehead atoms. The molecule has 2 N–H and O–H groups in total. The highest BCUT2D eigenvalue weighted by atomic mass is 16.3. The third-order valence-electron chi connectivity index (χ3n) is 4.09. The molecule has 1 aromatic carbocycles. The summed E-state index contributed by atoms with van der Waals surface area (Å²) in [6, 6.07) is 7.70. The maximum absolute atomic E-state index is 9.74. The van der Waals surface area contributed by atoms with Crippen molar-refractivity contribution in [2.45, 2.75) is 31.7 Å². The van der Waals surface area contributed by atoms with Crippen LogP contribution in [0.3, 0.4) is 0 Å². The largest absolute Gasteiger partial charge is 0.508 e. The van der Waals surface area contributed by atoms with Gasteiger partial charge >= 0.3 is 0 Å². The molecule has 0 spiro atoms. The summed E-state index contributed by atoms with van der Waals surface area (Å²) >= 11 is 0. The number of aromatic nitrogens is 1. The van der Waals surface area contributed by atoms with E-state index in [1.807, 2.05) is 18.3 Å². The van der Waals surface area contributed by atoms with Gasteiger partial charge in [-0.3, -0.25) is 0 Å². The SMILES string of the molecule is OCCC1CCCCN1c1nccc2ccc(O)cc12. The quantitative estimate of drug-likeness (QED) is 0.902. The van der Waals surface area contributed by atoms with Gasteiger partial charge in [-0.15, -0.1) is 0 Å². The molecular weight excluding hydrogens is 252 g/mol. The van der Waals surface area contributed by atoms with Crippen LogP contribution in [0, 0.1) is 0 Å². The number of hydrogen-bond donors (Lipinski definition) is 2. The zero-order valence-corrected chi connectivity index (χ0v) is 11.5. The van der Waals surface area contributed by atoms with Gasteiger partial charge in [0.15, 0.2) is 0 Å². The standard InChI is InChI=1S/C16H20N2O2/c19-10-7-13-3-1-2-9-18(13)16-15-11-14(20)5-4-12(15)6-8-17-16/h4-6,8,11,13,19-20H,1-3,7,9-10H2. The number of benzene rings is 1. The van der Waals surface area contributed by atoms with Crippen LogP contribution in [0.1, 0.15) is 25.7 Å². The average molecular weight is 272 g/mol. The summed E-state index contributed by atoms with van der Waals surface area (Å²) in [5, 5.41) is 21.1. The van der Waals surface area contributed by atoms with Crippen molar-refractivity contribution in [1.82, 2.24) is 4.98 Å². The molecule has 1 unspecified atom stereocenters. The van der Waals surface area contributed by atoms with Crippen LogP contribution in [-0.4, -0.2) is 34.4 Å². The highest BCUT2D eigenvalue weighted by molar-refractivity contribution is 5.93. The molecule has 4 nitrogen and oxygen atoms in total. The molecule has 1 saturated heterocycles. The number of piperidine rings is 1. The van der Waals surface area contributed by atoms with Crippen molar-refractivity contribution in [2.24, 2.45) is 0 Å². The normalized spacial score (nSPS) is 19.4.